The van der Waals surface area contributed by atoms with Crippen LogP contribution in [-0.2, 0) is 12.8 Å². The Labute approximate surface area is 115 Å². The lowest BCUT2D eigenvalue weighted by atomic mass is 9.97. The van der Waals surface area contributed by atoms with Crippen LogP contribution < -0.4 is 0 Å². The summed E-state index contributed by atoms with van der Waals surface area (Å²) in [6.45, 7) is 4.27. The molecule has 0 saturated carbocycles. The monoisotopic (exact) mass is 254 g/mol. The summed E-state index contributed by atoms with van der Waals surface area (Å²) in [5, 5.41) is 10.3. The van der Waals surface area contributed by atoms with Crippen molar-refractivity contribution in [3.63, 3.8) is 0 Å². The molecule has 1 nitrogen and oxygen atoms in total. The van der Waals surface area contributed by atoms with Crippen molar-refractivity contribution < 1.29 is 5.11 Å². The van der Waals surface area contributed by atoms with Gasteiger partial charge in [-0.3, -0.25) is 0 Å². The van der Waals surface area contributed by atoms with Gasteiger partial charge >= 0.3 is 0 Å². The van der Waals surface area contributed by atoms with E-state index in [1.807, 2.05) is 24.3 Å². The van der Waals surface area contributed by atoms with Crippen molar-refractivity contribution in [3.05, 3.63) is 70.8 Å². The van der Waals surface area contributed by atoms with Crippen molar-refractivity contribution in [3.8, 4) is 0 Å². The summed E-state index contributed by atoms with van der Waals surface area (Å²) >= 11 is 0. The van der Waals surface area contributed by atoms with Gasteiger partial charge in [0.05, 0.1) is 6.10 Å². The highest BCUT2D eigenvalue weighted by Gasteiger charge is 2.09. The third-order valence-electron chi connectivity index (χ3n) is 3.58. The van der Waals surface area contributed by atoms with Crippen molar-refractivity contribution in [2.45, 2.75) is 39.2 Å². The second-order valence-electron chi connectivity index (χ2n) is 5.14. The summed E-state index contributed by atoms with van der Waals surface area (Å²) < 4.78 is 0. The van der Waals surface area contributed by atoms with Crippen LogP contribution in [0.4, 0.5) is 0 Å². The van der Waals surface area contributed by atoms with Crippen molar-refractivity contribution in [2.24, 2.45) is 0 Å². The van der Waals surface area contributed by atoms with Gasteiger partial charge in [0.1, 0.15) is 0 Å². The first-order valence-electron chi connectivity index (χ1n) is 7.02. The quantitative estimate of drug-likeness (QED) is 0.847. The van der Waals surface area contributed by atoms with Gasteiger partial charge in [-0.25, -0.2) is 0 Å². The lowest BCUT2D eigenvalue weighted by Gasteiger charge is -2.13. The molecule has 0 aromatic heterocycles. The SMILES string of the molecule is CCCc1ccc(C(O)Cc2ccccc2C)cc1. The van der Waals surface area contributed by atoms with E-state index in [9.17, 15) is 5.11 Å². The molecular weight excluding hydrogens is 232 g/mol. The molecule has 0 fully saturated rings. The molecule has 0 radical (unpaired) electrons. The fraction of sp³-hybridized carbons (Fsp3) is 0.333. The fourth-order valence-corrected chi connectivity index (χ4v) is 2.36. The molecule has 19 heavy (non-hydrogen) atoms. The molecule has 100 valence electrons. The van der Waals surface area contributed by atoms with Gasteiger partial charge in [0.2, 0.25) is 0 Å². The van der Waals surface area contributed by atoms with Crippen molar-refractivity contribution in [2.75, 3.05) is 0 Å². The van der Waals surface area contributed by atoms with Gasteiger partial charge in [-0.1, -0.05) is 61.9 Å². The van der Waals surface area contributed by atoms with E-state index in [0.29, 0.717) is 6.42 Å². The van der Waals surface area contributed by atoms with Gasteiger partial charge < -0.3 is 5.11 Å². The zero-order valence-corrected chi connectivity index (χ0v) is 11.8. The van der Waals surface area contributed by atoms with Gasteiger partial charge in [-0.05, 0) is 35.6 Å². The van der Waals surface area contributed by atoms with Crippen LogP contribution in [0.3, 0.4) is 0 Å². The van der Waals surface area contributed by atoms with Crippen LogP contribution in [0.2, 0.25) is 0 Å². The second kappa shape index (κ2) is 6.53. The Bertz CT molecular complexity index is 513. The maximum atomic E-state index is 10.3. The van der Waals surface area contributed by atoms with Crippen LogP contribution in [0.25, 0.3) is 0 Å². The molecule has 1 unspecified atom stereocenters. The van der Waals surface area contributed by atoms with E-state index in [4.69, 9.17) is 0 Å². The molecule has 2 aromatic carbocycles. The predicted octanol–water partition coefficient (Wildman–Crippen LogP) is 4.22. The number of hydrogen-bond donors (Lipinski definition) is 1. The van der Waals surface area contributed by atoms with E-state index in [0.717, 1.165) is 18.4 Å². The number of benzene rings is 2. The van der Waals surface area contributed by atoms with Gasteiger partial charge in [0.25, 0.3) is 0 Å². The highest BCUT2D eigenvalue weighted by Crippen LogP contribution is 2.21. The van der Waals surface area contributed by atoms with Gasteiger partial charge in [0.15, 0.2) is 0 Å². The van der Waals surface area contributed by atoms with Crippen LogP contribution in [0, 0.1) is 6.92 Å². The molecule has 2 aromatic rings. The molecule has 0 aliphatic rings. The van der Waals surface area contributed by atoms with Crippen molar-refractivity contribution in [1.29, 1.82) is 0 Å². The number of rotatable bonds is 5. The summed E-state index contributed by atoms with van der Waals surface area (Å²) in [4.78, 5) is 0. The minimum Gasteiger partial charge on any atom is -0.388 e. The van der Waals surface area contributed by atoms with Gasteiger partial charge in [-0.15, -0.1) is 0 Å². The Balaban J connectivity index is 2.07. The third-order valence-corrected chi connectivity index (χ3v) is 3.58. The first-order valence-corrected chi connectivity index (χ1v) is 7.02. The summed E-state index contributed by atoms with van der Waals surface area (Å²) in [6.07, 6.45) is 2.52. The minimum atomic E-state index is -0.420. The lowest BCUT2D eigenvalue weighted by molar-refractivity contribution is 0.178. The molecule has 1 heteroatoms. The summed E-state index contributed by atoms with van der Waals surface area (Å²) in [7, 11) is 0. The predicted molar refractivity (Wildman–Crippen MR) is 80.3 cm³/mol. The summed E-state index contributed by atoms with van der Waals surface area (Å²) in [5.74, 6) is 0. The first kappa shape index (κ1) is 13.8. The molecule has 1 N–H and O–H groups in total. The number of hydrogen-bond acceptors (Lipinski definition) is 1. The molecule has 0 saturated heterocycles. The molecule has 1 atom stereocenters. The Hall–Kier alpha value is -1.60. The second-order valence-corrected chi connectivity index (χ2v) is 5.14. The maximum absolute atomic E-state index is 10.3. The zero-order valence-electron chi connectivity index (χ0n) is 11.8. The number of aliphatic hydroxyl groups is 1. The van der Waals surface area contributed by atoms with E-state index in [-0.39, 0.29) is 0 Å². The van der Waals surface area contributed by atoms with Crippen LogP contribution in [0.5, 0.6) is 0 Å². The average Bonchev–Trinajstić information content (AvgIpc) is 2.42. The van der Waals surface area contributed by atoms with E-state index in [1.165, 1.54) is 16.7 Å². The van der Waals surface area contributed by atoms with Crippen LogP contribution >= 0.6 is 0 Å². The highest BCUT2D eigenvalue weighted by molar-refractivity contribution is 5.29. The topological polar surface area (TPSA) is 20.2 Å². The standard InChI is InChI=1S/C18H22O/c1-3-6-15-9-11-16(12-10-15)18(19)13-17-8-5-4-7-14(17)2/h4-5,7-12,18-19H,3,6,13H2,1-2H3. The molecule has 2 rings (SSSR count). The molecular formula is C18H22O. The van der Waals surface area contributed by atoms with E-state index in [1.54, 1.807) is 0 Å². The molecule has 0 aliphatic heterocycles. The Morgan fingerprint density at radius 3 is 2.32 bits per heavy atom. The largest absolute Gasteiger partial charge is 0.388 e. The van der Waals surface area contributed by atoms with Crippen molar-refractivity contribution in [1.82, 2.24) is 0 Å². The average molecular weight is 254 g/mol. The Morgan fingerprint density at radius 2 is 1.68 bits per heavy atom. The first-order chi connectivity index (χ1) is 9.20. The number of aliphatic hydroxyl groups excluding tert-OH is 1. The van der Waals surface area contributed by atoms with Crippen LogP contribution in [-0.4, -0.2) is 5.11 Å². The van der Waals surface area contributed by atoms with Gasteiger partial charge in [0, 0.05) is 6.42 Å². The minimum absolute atomic E-state index is 0.420. The van der Waals surface area contributed by atoms with Crippen molar-refractivity contribution >= 4 is 0 Å². The zero-order chi connectivity index (χ0) is 13.7. The third kappa shape index (κ3) is 3.68. The van der Waals surface area contributed by atoms with E-state index >= 15 is 0 Å². The Morgan fingerprint density at radius 1 is 1.00 bits per heavy atom. The lowest BCUT2D eigenvalue weighted by Crippen LogP contribution is -2.03. The van der Waals surface area contributed by atoms with Gasteiger partial charge in [-0.2, -0.15) is 0 Å². The summed E-state index contributed by atoms with van der Waals surface area (Å²) in [5.41, 5.74) is 4.80. The maximum Gasteiger partial charge on any atom is 0.0830 e. The normalized spacial score (nSPS) is 12.4. The fourth-order valence-electron chi connectivity index (χ4n) is 2.36. The van der Waals surface area contributed by atoms with Crippen LogP contribution in [0.1, 0.15) is 41.7 Å². The van der Waals surface area contributed by atoms with E-state index < -0.39 is 6.10 Å². The smallest absolute Gasteiger partial charge is 0.0830 e. The van der Waals surface area contributed by atoms with E-state index in [2.05, 4.69) is 38.1 Å². The Kier molecular flexibility index (Phi) is 4.75. The summed E-state index contributed by atoms with van der Waals surface area (Å²) in [6, 6.07) is 16.6. The highest BCUT2D eigenvalue weighted by atomic mass is 16.3. The molecule has 0 bridgehead atoms. The van der Waals surface area contributed by atoms with Crippen LogP contribution in [0.15, 0.2) is 48.5 Å². The molecule has 0 spiro atoms. The molecule has 0 amide bonds. The molecule has 0 aliphatic carbocycles. The molecule has 0 heterocycles. The number of aryl methyl sites for hydroxylation is 2.